The molecule has 7 heteroatoms. The number of nitrogens with zero attached hydrogens (tertiary/aromatic N) is 1. The van der Waals surface area contributed by atoms with Crippen molar-refractivity contribution >= 4 is 6.03 Å². The Morgan fingerprint density at radius 1 is 1.15 bits per heavy atom. The van der Waals surface area contributed by atoms with Crippen molar-refractivity contribution < 1.29 is 18.0 Å². The van der Waals surface area contributed by atoms with Gasteiger partial charge in [-0.15, -0.1) is 0 Å². The number of alkyl halides is 3. The summed E-state index contributed by atoms with van der Waals surface area (Å²) in [6.07, 6.45) is -2.53. The lowest BCUT2D eigenvalue weighted by atomic mass is 10.0. The maximum Gasteiger partial charge on any atom is 0.416 e. The number of carbonyl (C=O) groups excluding carboxylic acids is 1. The molecule has 0 aromatic heterocycles. The summed E-state index contributed by atoms with van der Waals surface area (Å²) < 4.78 is 37.8. The number of amides is 2. The summed E-state index contributed by atoms with van der Waals surface area (Å²) >= 11 is 0. The molecule has 0 aliphatic carbocycles. The summed E-state index contributed by atoms with van der Waals surface area (Å²) in [5.74, 6) is 0.632. The number of likely N-dealkylation sites (tertiary alicyclic amines) is 1. The molecule has 1 fully saturated rings. The van der Waals surface area contributed by atoms with Gasteiger partial charge in [0.25, 0.3) is 0 Å². The lowest BCUT2D eigenvalue weighted by Crippen LogP contribution is -2.48. The summed E-state index contributed by atoms with van der Waals surface area (Å²) in [4.78, 5) is 14.6. The molecular formula is C19H28F3N3O. The Morgan fingerprint density at radius 3 is 2.23 bits per heavy atom. The van der Waals surface area contributed by atoms with E-state index in [0.29, 0.717) is 11.5 Å². The largest absolute Gasteiger partial charge is 0.416 e. The molecule has 0 bridgehead atoms. The average Bonchev–Trinajstić information content (AvgIpc) is 2.55. The number of hydrogen-bond acceptors (Lipinski definition) is 2. The highest BCUT2D eigenvalue weighted by Gasteiger charge is 2.30. The second-order valence-electron chi connectivity index (χ2n) is 7.43. The number of rotatable bonds is 5. The molecule has 1 saturated heterocycles. The van der Waals surface area contributed by atoms with Crippen LogP contribution in [0.4, 0.5) is 18.0 Å². The highest BCUT2D eigenvalue weighted by Crippen LogP contribution is 2.29. The van der Waals surface area contributed by atoms with E-state index in [1.54, 1.807) is 6.92 Å². The van der Waals surface area contributed by atoms with Gasteiger partial charge in [0, 0.05) is 25.7 Å². The van der Waals surface area contributed by atoms with Crippen molar-refractivity contribution in [2.45, 2.75) is 51.9 Å². The predicted molar refractivity (Wildman–Crippen MR) is 95.8 cm³/mol. The molecule has 1 unspecified atom stereocenters. The second kappa shape index (κ2) is 8.75. The number of piperidine rings is 1. The summed E-state index contributed by atoms with van der Waals surface area (Å²) in [5, 5.41) is 5.77. The smallest absolute Gasteiger partial charge is 0.335 e. The third-order valence-electron chi connectivity index (χ3n) is 4.63. The molecule has 2 amide bonds. The number of urea groups is 1. The van der Waals surface area contributed by atoms with Crippen LogP contribution in [0.15, 0.2) is 24.3 Å². The molecule has 2 rings (SSSR count). The maximum absolute atomic E-state index is 12.6. The quantitative estimate of drug-likeness (QED) is 0.815. The standard InChI is InChI=1S/C19H28F3N3O/c1-13(2)12-25-10-8-17(9-11-25)24-18(26)23-14(3)15-4-6-16(7-5-15)19(20,21)22/h4-7,13-14,17H,8-12H2,1-3H3,(H2,23,24,26). The fraction of sp³-hybridized carbons (Fsp3) is 0.632. The van der Waals surface area contributed by atoms with Crippen molar-refractivity contribution in [3.05, 3.63) is 35.4 Å². The lowest BCUT2D eigenvalue weighted by Gasteiger charge is -2.33. The molecule has 4 nitrogen and oxygen atoms in total. The number of halogens is 3. The highest BCUT2D eigenvalue weighted by atomic mass is 19.4. The fourth-order valence-electron chi connectivity index (χ4n) is 3.24. The molecule has 1 aromatic carbocycles. The molecule has 146 valence electrons. The van der Waals surface area contributed by atoms with Crippen LogP contribution >= 0.6 is 0 Å². The van der Waals surface area contributed by atoms with E-state index in [1.807, 2.05) is 0 Å². The van der Waals surface area contributed by atoms with Gasteiger partial charge < -0.3 is 15.5 Å². The van der Waals surface area contributed by atoms with Crippen LogP contribution in [0.5, 0.6) is 0 Å². The zero-order valence-electron chi connectivity index (χ0n) is 15.6. The van der Waals surface area contributed by atoms with Crippen molar-refractivity contribution in [1.29, 1.82) is 0 Å². The molecule has 26 heavy (non-hydrogen) atoms. The predicted octanol–water partition coefficient (Wildman–Crippen LogP) is 4.19. The van der Waals surface area contributed by atoms with Gasteiger partial charge in [0.15, 0.2) is 0 Å². The minimum Gasteiger partial charge on any atom is -0.335 e. The summed E-state index contributed by atoms with van der Waals surface area (Å²) in [7, 11) is 0. The van der Waals surface area contributed by atoms with Crippen LogP contribution in [0.2, 0.25) is 0 Å². The summed E-state index contributed by atoms with van der Waals surface area (Å²) in [6, 6.07) is 4.37. The molecule has 1 atom stereocenters. The van der Waals surface area contributed by atoms with Gasteiger partial charge in [0.2, 0.25) is 0 Å². The highest BCUT2D eigenvalue weighted by molar-refractivity contribution is 5.74. The first-order valence-corrected chi connectivity index (χ1v) is 9.11. The van der Waals surface area contributed by atoms with Crippen molar-refractivity contribution in [3.8, 4) is 0 Å². The topological polar surface area (TPSA) is 44.4 Å². The van der Waals surface area contributed by atoms with Crippen LogP contribution in [0.1, 0.15) is 50.8 Å². The normalized spacial score (nSPS) is 18.0. The molecule has 2 N–H and O–H groups in total. The Morgan fingerprint density at radius 2 is 1.73 bits per heavy atom. The Balaban J connectivity index is 1.79. The molecule has 0 saturated carbocycles. The minimum atomic E-state index is -4.35. The zero-order chi connectivity index (χ0) is 19.3. The Bertz CT molecular complexity index is 579. The van der Waals surface area contributed by atoms with Gasteiger partial charge in [-0.2, -0.15) is 13.2 Å². The number of hydrogen-bond donors (Lipinski definition) is 2. The van der Waals surface area contributed by atoms with Crippen molar-refractivity contribution in [1.82, 2.24) is 15.5 Å². The SMILES string of the molecule is CC(C)CN1CCC(NC(=O)NC(C)c2ccc(C(F)(F)F)cc2)CC1. The van der Waals surface area contributed by atoms with Crippen LogP contribution in [0, 0.1) is 5.92 Å². The first-order valence-electron chi connectivity index (χ1n) is 9.11. The van der Waals surface area contributed by atoms with Crippen LogP contribution < -0.4 is 10.6 Å². The van der Waals surface area contributed by atoms with Gasteiger partial charge in [-0.3, -0.25) is 0 Å². The molecule has 1 heterocycles. The number of nitrogens with one attached hydrogen (secondary N) is 2. The van der Waals surface area contributed by atoms with E-state index >= 15 is 0 Å². The third kappa shape index (κ3) is 6.20. The zero-order valence-corrected chi connectivity index (χ0v) is 15.6. The molecule has 1 aliphatic heterocycles. The van der Waals surface area contributed by atoms with Gasteiger partial charge in [0.05, 0.1) is 11.6 Å². The maximum atomic E-state index is 12.6. The minimum absolute atomic E-state index is 0.137. The van der Waals surface area contributed by atoms with E-state index in [0.717, 1.165) is 44.6 Å². The van der Waals surface area contributed by atoms with Crippen LogP contribution in [-0.4, -0.2) is 36.6 Å². The average molecular weight is 371 g/mol. The fourth-order valence-corrected chi connectivity index (χ4v) is 3.24. The molecular weight excluding hydrogens is 343 g/mol. The molecule has 1 aromatic rings. The summed E-state index contributed by atoms with van der Waals surface area (Å²) in [5.41, 5.74) is -0.0500. The van der Waals surface area contributed by atoms with Crippen molar-refractivity contribution in [2.75, 3.05) is 19.6 Å². The Hall–Kier alpha value is -1.76. The van der Waals surface area contributed by atoms with E-state index < -0.39 is 11.7 Å². The van der Waals surface area contributed by atoms with Gasteiger partial charge in [-0.05, 0) is 43.4 Å². The first kappa shape index (κ1) is 20.6. The van der Waals surface area contributed by atoms with Gasteiger partial charge in [-0.25, -0.2) is 4.79 Å². The van der Waals surface area contributed by atoms with Crippen LogP contribution in [0.3, 0.4) is 0 Å². The van der Waals surface area contributed by atoms with Crippen LogP contribution in [0.25, 0.3) is 0 Å². The monoisotopic (exact) mass is 371 g/mol. The Kier molecular flexibility index (Phi) is 6.92. The third-order valence-corrected chi connectivity index (χ3v) is 4.63. The van der Waals surface area contributed by atoms with Crippen molar-refractivity contribution in [2.24, 2.45) is 5.92 Å². The van der Waals surface area contributed by atoms with Gasteiger partial charge >= 0.3 is 12.2 Å². The van der Waals surface area contributed by atoms with E-state index in [-0.39, 0.29) is 18.1 Å². The second-order valence-corrected chi connectivity index (χ2v) is 7.43. The Labute approximate surface area is 153 Å². The van der Waals surface area contributed by atoms with Crippen molar-refractivity contribution in [3.63, 3.8) is 0 Å². The summed E-state index contributed by atoms with van der Waals surface area (Å²) in [6.45, 7) is 9.16. The molecule has 0 radical (unpaired) electrons. The molecule has 1 aliphatic rings. The van der Waals surface area contributed by atoms with E-state index in [9.17, 15) is 18.0 Å². The van der Waals surface area contributed by atoms with E-state index in [2.05, 4.69) is 29.4 Å². The number of carbonyl (C=O) groups is 1. The number of benzene rings is 1. The lowest BCUT2D eigenvalue weighted by molar-refractivity contribution is -0.137. The van der Waals surface area contributed by atoms with Gasteiger partial charge in [-0.1, -0.05) is 26.0 Å². The van der Waals surface area contributed by atoms with Gasteiger partial charge in [0.1, 0.15) is 0 Å². The van der Waals surface area contributed by atoms with Crippen LogP contribution in [-0.2, 0) is 6.18 Å². The molecule has 0 spiro atoms. The van der Waals surface area contributed by atoms with E-state index in [1.165, 1.54) is 12.1 Å². The van der Waals surface area contributed by atoms with E-state index in [4.69, 9.17) is 0 Å². The first-order chi connectivity index (χ1) is 12.1.